The summed E-state index contributed by atoms with van der Waals surface area (Å²) in [7, 11) is -8.53. The third-order valence-corrected chi connectivity index (χ3v) is 6.38. The smallest absolute Gasteiger partial charge is 0.294 e. The predicted molar refractivity (Wildman–Crippen MR) is 108 cm³/mol. The van der Waals surface area contributed by atoms with E-state index in [-0.39, 0.29) is 9.79 Å². The van der Waals surface area contributed by atoms with Crippen LogP contribution < -0.4 is 0 Å². The monoisotopic (exact) mass is 450 g/mol. The van der Waals surface area contributed by atoms with Crippen molar-refractivity contribution in [3.8, 4) is 0 Å². The zero-order valence-corrected chi connectivity index (χ0v) is 17.2. The Labute approximate surface area is 171 Å². The van der Waals surface area contributed by atoms with Gasteiger partial charge in [-0.1, -0.05) is 0 Å². The molecule has 12 heteroatoms. The van der Waals surface area contributed by atoms with Gasteiger partial charge < -0.3 is 9.97 Å². The Kier molecular flexibility index (Phi) is 5.10. The summed E-state index contributed by atoms with van der Waals surface area (Å²) in [5, 5.41) is 0. The average molecular weight is 450 g/mol. The molecule has 0 spiro atoms. The van der Waals surface area contributed by atoms with Crippen molar-refractivity contribution in [3.63, 3.8) is 0 Å². The fraction of sp³-hybridized carbons (Fsp3) is 0.222. The number of nitrogens with zero attached hydrogens (tertiary/aromatic N) is 2. The summed E-state index contributed by atoms with van der Waals surface area (Å²) in [5.74, 6) is 1.42. The fourth-order valence-electron chi connectivity index (χ4n) is 3.23. The van der Waals surface area contributed by atoms with Gasteiger partial charge in [-0.25, -0.2) is 9.97 Å². The maximum atomic E-state index is 11.2. The van der Waals surface area contributed by atoms with Gasteiger partial charge in [0.2, 0.25) is 0 Å². The van der Waals surface area contributed by atoms with E-state index >= 15 is 0 Å². The minimum absolute atomic E-state index is 0.188. The minimum atomic E-state index is -4.26. The lowest BCUT2D eigenvalue weighted by Gasteiger charge is -1.97. The average Bonchev–Trinajstić information content (AvgIpc) is 3.25. The van der Waals surface area contributed by atoms with Crippen LogP contribution in [0, 0.1) is 0 Å². The maximum absolute atomic E-state index is 11.2. The molecule has 0 unspecified atom stereocenters. The fourth-order valence-corrected chi connectivity index (χ4v) is 4.24. The van der Waals surface area contributed by atoms with E-state index in [0.717, 1.165) is 12.8 Å². The molecule has 10 nitrogen and oxygen atoms in total. The molecule has 4 N–H and O–H groups in total. The van der Waals surface area contributed by atoms with Crippen molar-refractivity contribution in [3.05, 3.63) is 48.0 Å². The number of aromatic nitrogens is 4. The molecule has 0 aliphatic heterocycles. The van der Waals surface area contributed by atoms with Crippen LogP contribution in [0.15, 0.2) is 46.2 Å². The molecule has 158 valence electrons. The summed E-state index contributed by atoms with van der Waals surface area (Å²) in [6.07, 6.45) is 2.86. The highest BCUT2D eigenvalue weighted by atomic mass is 32.2. The molecule has 4 aromatic rings. The Balaban J connectivity index is 1.39. The normalized spacial score (nSPS) is 12.7. The van der Waals surface area contributed by atoms with E-state index in [0.29, 0.717) is 46.6 Å². The van der Waals surface area contributed by atoms with Crippen LogP contribution in [-0.2, 0) is 33.1 Å². The van der Waals surface area contributed by atoms with Gasteiger partial charge in [-0.3, -0.25) is 9.11 Å². The second-order valence-electron chi connectivity index (χ2n) is 6.88. The third kappa shape index (κ3) is 4.36. The lowest BCUT2D eigenvalue weighted by Crippen LogP contribution is -1.97. The van der Waals surface area contributed by atoms with Crippen molar-refractivity contribution in [2.75, 3.05) is 0 Å². The second kappa shape index (κ2) is 7.47. The molecule has 0 radical (unpaired) electrons. The first-order valence-corrected chi connectivity index (χ1v) is 11.9. The van der Waals surface area contributed by atoms with E-state index in [1.165, 1.54) is 36.4 Å². The number of rotatable bonds is 7. The van der Waals surface area contributed by atoms with E-state index < -0.39 is 20.2 Å². The zero-order valence-electron chi connectivity index (χ0n) is 15.5. The lowest BCUT2D eigenvalue weighted by molar-refractivity contribution is 0.481. The number of aromatic amines is 2. The van der Waals surface area contributed by atoms with Crippen LogP contribution >= 0.6 is 0 Å². The molecule has 0 aliphatic rings. The Morgan fingerprint density at radius 3 is 1.47 bits per heavy atom. The quantitative estimate of drug-likeness (QED) is 0.246. The highest BCUT2D eigenvalue weighted by Crippen LogP contribution is 2.20. The number of H-pyrrole nitrogens is 2. The SMILES string of the molecule is O=S(=O)(O)c1ccc2nc(CCCCc3nc4ccc(S(=O)(=O)O)cc4[nH]3)[nH]c2c1. The Hall–Kier alpha value is -2.80. The summed E-state index contributed by atoms with van der Waals surface area (Å²) in [6.45, 7) is 0. The van der Waals surface area contributed by atoms with Gasteiger partial charge in [-0.05, 0) is 49.2 Å². The molecule has 0 saturated carbocycles. The molecule has 0 aliphatic carbocycles. The summed E-state index contributed by atoms with van der Waals surface area (Å²) < 4.78 is 63.2. The van der Waals surface area contributed by atoms with Crippen molar-refractivity contribution in [1.82, 2.24) is 19.9 Å². The molecule has 0 amide bonds. The lowest BCUT2D eigenvalue weighted by atomic mass is 10.2. The van der Waals surface area contributed by atoms with E-state index in [9.17, 15) is 16.8 Å². The molecule has 0 saturated heterocycles. The molecule has 0 fully saturated rings. The largest absolute Gasteiger partial charge is 0.342 e. The number of aryl methyl sites for hydroxylation is 2. The molecule has 0 bridgehead atoms. The van der Waals surface area contributed by atoms with Crippen LogP contribution in [0.5, 0.6) is 0 Å². The van der Waals surface area contributed by atoms with E-state index in [1.54, 1.807) is 0 Å². The highest BCUT2D eigenvalue weighted by molar-refractivity contribution is 7.86. The van der Waals surface area contributed by atoms with Crippen LogP contribution in [0.25, 0.3) is 22.1 Å². The molecular formula is C18H18N4O6S2. The number of hydrogen-bond acceptors (Lipinski definition) is 6. The molecule has 2 heterocycles. The van der Waals surface area contributed by atoms with Crippen molar-refractivity contribution < 1.29 is 25.9 Å². The number of benzene rings is 2. The number of imidazole rings is 2. The van der Waals surface area contributed by atoms with Gasteiger partial charge >= 0.3 is 0 Å². The summed E-state index contributed by atoms with van der Waals surface area (Å²) in [6, 6.07) is 8.36. The van der Waals surface area contributed by atoms with E-state index in [2.05, 4.69) is 19.9 Å². The maximum Gasteiger partial charge on any atom is 0.294 e. The Morgan fingerprint density at radius 1 is 0.700 bits per heavy atom. The standard InChI is InChI=1S/C18H18N4O6S2/c23-29(24,25)11-5-7-13-15(9-11)21-17(19-13)3-1-2-4-18-20-14-8-6-12(30(26,27)28)10-16(14)22-18/h5-10H,1-4H2,(H,19,21)(H,20,22)(H,23,24,25)(H,26,27,28). The van der Waals surface area contributed by atoms with Crippen LogP contribution in [0.1, 0.15) is 24.5 Å². The van der Waals surface area contributed by atoms with Gasteiger partial charge in [-0.15, -0.1) is 0 Å². The Morgan fingerprint density at radius 2 is 1.10 bits per heavy atom. The summed E-state index contributed by atoms with van der Waals surface area (Å²) in [5.41, 5.74) is 2.30. The topological polar surface area (TPSA) is 166 Å². The molecular weight excluding hydrogens is 432 g/mol. The van der Waals surface area contributed by atoms with Gasteiger partial charge in [0, 0.05) is 12.8 Å². The third-order valence-electron chi connectivity index (χ3n) is 4.68. The van der Waals surface area contributed by atoms with Gasteiger partial charge in [0.15, 0.2) is 0 Å². The molecule has 0 atom stereocenters. The number of unbranched alkanes of at least 4 members (excludes halogenated alkanes) is 1. The number of nitrogens with one attached hydrogen (secondary N) is 2. The van der Waals surface area contributed by atoms with E-state index in [4.69, 9.17) is 9.11 Å². The first-order valence-electron chi connectivity index (χ1n) is 9.02. The van der Waals surface area contributed by atoms with Gasteiger partial charge in [-0.2, -0.15) is 16.8 Å². The molecule has 2 aromatic heterocycles. The van der Waals surface area contributed by atoms with Crippen LogP contribution in [0.3, 0.4) is 0 Å². The summed E-state index contributed by atoms with van der Waals surface area (Å²) >= 11 is 0. The first-order chi connectivity index (χ1) is 14.1. The summed E-state index contributed by atoms with van der Waals surface area (Å²) in [4.78, 5) is 14.6. The zero-order chi connectivity index (χ0) is 21.5. The number of hydrogen-bond donors (Lipinski definition) is 4. The predicted octanol–water partition coefficient (Wildman–Crippen LogP) is 2.50. The van der Waals surface area contributed by atoms with Gasteiger partial charge in [0.1, 0.15) is 11.6 Å². The first kappa shape index (κ1) is 20.5. The molecule has 30 heavy (non-hydrogen) atoms. The van der Waals surface area contributed by atoms with Crippen molar-refractivity contribution in [2.24, 2.45) is 0 Å². The Bertz CT molecular complexity index is 1340. The van der Waals surface area contributed by atoms with E-state index in [1.807, 2.05) is 0 Å². The van der Waals surface area contributed by atoms with Crippen LogP contribution in [-0.4, -0.2) is 45.9 Å². The van der Waals surface area contributed by atoms with Crippen molar-refractivity contribution >= 4 is 42.3 Å². The van der Waals surface area contributed by atoms with Crippen LogP contribution in [0.2, 0.25) is 0 Å². The molecule has 4 rings (SSSR count). The minimum Gasteiger partial charge on any atom is -0.342 e. The van der Waals surface area contributed by atoms with Crippen molar-refractivity contribution in [2.45, 2.75) is 35.5 Å². The molecule has 2 aromatic carbocycles. The number of fused-ring (bicyclic) bond motifs is 2. The highest BCUT2D eigenvalue weighted by Gasteiger charge is 2.13. The van der Waals surface area contributed by atoms with Crippen molar-refractivity contribution in [1.29, 1.82) is 0 Å². The second-order valence-corrected chi connectivity index (χ2v) is 9.73. The van der Waals surface area contributed by atoms with Gasteiger partial charge in [0.25, 0.3) is 20.2 Å². The van der Waals surface area contributed by atoms with Crippen LogP contribution in [0.4, 0.5) is 0 Å². The van der Waals surface area contributed by atoms with Gasteiger partial charge in [0.05, 0.1) is 31.9 Å².